The minimum absolute atomic E-state index is 0.142. The summed E-state index contributed by atoms with van der Waals surface area (Å²) in [6.45, 7) is 3.49. The number of hydrogen-bond donors (Lipinski definition) is 1. The zero-order valence-corrected chi connectivity index (χ0v) is 13.2. The summed E-state index contributed by atoms with van der Waals surface area (Å²) < 4.78 is 0. The Balaban J connectivity index is 1.99. The quantitative estimate of drug-likeness (QED) is 0.841. The molecule has 4 heteroatoms. The van der Waals surface area contributed by atoms with Crippen LogP contribution in [0.1, 0.15) is 29.7 Å². The van der Waals surface area contributed by atoms with E-state index >= 15 is 0 Å². The van der Waals surface area contributed by atoms with Gasteiger partial charge >= 0.3 is 0 Å². The maximum absolute atomic E-state index is 8.80. The first-order valence-electron chi connectivity index (χ1n) is 7.25. The fourth-order valence-corrected chi connectivity index (χ4v) is 3.56. The van der Waals surface area contributed by atoms with Crippen LogP contribution in [0.4, 0.5) is 0 Å². The monoisotopic (exact) mass is 292 g/mol. The van der Waals surface area contributed by atoms with E-state index in [2.05, 4.69) is 47.2 Å². The van der Waals surface area contributed by atoms with Gasteiger partial charge in [-0.15, -0.1) is 11.3 Å². The van der Waals surface area contributed by atoms with Gasteiger partial charge in [0.05, 0.1) is 6.61 Å². The molecular weight excluding hydrogens is 268 g/mol. The molecular formula is C16H24N2OS. The summed E-state index contributed by atoms with van der Waals surface area (Å²) in [4.78, 5) is 6.23. The molecule has 0 aliphatic carbocycles. The van der Waals surface area contributed by atoms with Crippen LogP contribution >= 0.6 is 11.3 Å². The van der Waals surface area contributed by atoms with Gasteiger partial charge in [0.2, 0.25) is 0 Å². The molecule has 0 spiro atoms. The van der Waals surface area contributed by atoms with E-state index in [0.29, 0.717) is 12.5 Å². The first-order valence-corrected chi connectivity index (χ1v) is 8.13. The molecule has 1 aromatic rings. The van der Waals surface area contributed by atoms with Crippen LogP contribution in [-0.4, -0.2) is 54.7 Å². The number of thiophene rings is 1. The van der Waals surface area contributed by atoms with Crippen molar-refractivity contribution in [2.24, 2.45) is 0 Å². The predicted molar refractivity (Wildman–Crippen MR) is 84.9 cm³/mol. The molecule has 0 bridgehead atoms. The predicted octanol–water partition coefficient (Wildman–Crippen LogP) is 2.01. The SMILES string of the molecule is CN(C)CC1CCCN1Cc1sccc1C#CCCO. The normalized spacial score (nSPS) is 19.3. The molecule has 0 saturated carbocycles. The largest absolute Gasteiger partial charge is 0.395 e. The summed E-state index contributed by atoms with van der Waals surface area (Å²) >= 11 is 1.80. The van der Waals surface area contributed by atoms with Crippen molar-refractivity contribution in [3.63, 3.8) is 0 Å². The molecule has 0 amide bonds. The first kappa shape index (κ1) is 15.5. The molecule has 0 radical (unpaired) electrons. The van der Waals surface area contributed by atoms with Gasteiger partial charge in [-0.2, -0.15) is 0 Å². The average molecular weight is 292 g/mol. The lowest BCUT2D eigenvalue weighted by atomic mass is 10.2. The maximum atomic E-state index is 8.80. The van der Waals surface area contributed by atoms with Crippen molar-refractivity contribution in [3.05, 3.63) is 21.9 Å². The molecule has 1 aliphatic rings. The average Bonchev–Trinajstić information content (AvgIpc) is 3.01. The van der Waals surface area contributed by atoms with Gasteiger partial charge in [-0.1, -0.05) is 11.8 Å². The number of hydrogen-bond acceptors (Lipinski definition) is 4. The number of likely N-dealkylation sites (N-methyl/N-ethyl adjacent to an activating group) is 1. The topological polar surface area (TPSA) is 26.7 Å². The number of rotatable bonds is 5. The highest BCUT2D eigenvalue weighted by Gasteiger charge is 2.25. The molecule has 1 atom stereocenters. The Kier molecular flexibility index (Phi) is 6.06. The van der Waals surface area contributed by atoms with Crippen LogP contribution in [0.5, 0.6) is 0 Å². The summed E-state index contributed by atoms with van der Waals surface area (Å²) in [6, 6.07) is 2.77. The van der Waals surface area contributed by atoms with Crippen LogP contribution in [0, 0.1) is 11.8 Å². The summed E-state index contributed by atoms with van der Waals surface area (Å²) in [5.41, 5.74) is 1.14. The molecule has 1 saturated heterocycles. The lowest BCUT2D eigenvalue weighted by Crippen LogP contribution is -2.37. The molecule has 1 aromatic heterocycles. The highest BCUT2D eigenvalue weighted by Crippen LogP contribution is 2.24. The van der Waals surface area contributed by atoms with Crippen molar-refractivity contribution in [3.8, 4) is 11.8 Å². The highest BCUT2D eigenvalue weighted by molar-refractivity contribution is 7.10. The van der Waals surface area contributed by atoms with E-state index in [-0.39, 0.29) is 6.61 Å². The van der Waals surface area contributed by atoms with Gasteiger partial charge in [-0.3, -0.25) is 4.90 Å². The van der Waals surface area contributed by atoms with Crippen LogP contribution in [0.2, 0.25) is 0 Å². The third-order valence-electron chi connectivity index (χ3n) is 3.63. The Morgan fingerprint density at radius 3 is 3.10 bits per heavy atom. The van der Waals surface area contributed by atoms with Crippen molar-refractivity contribution in [2.45, 2.75) is 31.8 Å². The highest BCUT2D eigenvalue weighted by atomic mass is 32.1. The van der Waals surface area contributed by atoms with Crippen LogP contribution in [0.3, 0.4) is 0 Å². The van der Waals surface area contributed by atoms with Crippen LogP contribution in [0.25, 0.3) is 0 Å². The number of aliphatic hydroxyl groups excluding tert-OH is 1. The van der Waals surface area contributed by atoms with E-state index in [1.54, 1.807) is 11.3 Å². The minimum atomic E-state index is 0.142. The Labute approximate surface area is 126 Å². The van der Waals surface area contributed by atoms with E-state index in [0.717, 1.165) is 18.7 Å². The lowest BCUT2D eigenvalue weighted by molar-refractivity contribution is 0.202. The van der Waals surface area contributed by atoms with Gasteiger partial charge in [0.1, 0.15) is 0 Å². The van der Waals surface area contributed by atoms with Gasteiger partial charge < -0.3 is 10.0 Å². The van der Waals surface area contributed by atoms with E-state index in [1.165, 1.54) is 24.3 Å². The van der Waals surface area contributed by atoms with E-state index in [4.69, 9.17) is 5.11 Å². The molecule has 2 heterocycles. The minimum Gasteiger partial charge on any atom is -0.395 e. The molecule has 1 aliphatic heterocycles. The van der Waals surface area contributed by atoms with Crippen LogP contribution < -0.4 is 0 Å². The molecule has 1 fully saturated rings. The van der Waals surface area contributed by atoms with Crippen molar-refractivity contribution < 1.29 is 5.11 Å². The Hall–Kier alpha value is -0.860. The molecule has 110 valence electrons. The summed E-state index contributed by atoms with van der Waals surface area (Å²) in [5, 5.41) is 10.9. The molecule has 3 nitrogen and oxygen atoms in total. The number of aliphatic hydroxyl groups is 1. The summed E-state index contributed by atoms with van der Waals surface area (Å²) in [5.74, 6) is 6.21. The van der Waals surface area contributed by atoms with Gasteiger partial charge in [0, 0.05) is 36.0 Å². The smallest absolute Gasteiger partial charge is 0.0540 e. The Morgan fingerprint density at radius 2 is 2.35 bits per heavy atom. The Morgan fingerprint density at radius 1 is 1.50 bits per heavy atom. The van der Waals surface area contributed by atoms with Gasteiger partial charge in [-0.05, 0) is 44.9 Å². The van der Waals surface area contributed by atoms with E-state index < -0.39 is 0 Å². The lowest BCUT2D eigenvalue weighted by Gasteiger charge is -2.26. The molecule has 1 unspecified atom stereocenters. The number of nitrogens with zero attached hydrogens (tertiary/aromatic N) is 2. The first-order chi connectivity index (χ1) is 9.70. The zero-order chi connectivity index (χ0) is 14.4. The van der Waals surface area contributed by atoms with Crippen molar-refractivity contribution in [1.82, 2.24) is 9.80 Å². The zero-order valence-electron chi connectivity index (χ0n) is 12.4. The summed E-state index contributed by atoms with van der Waals surface area (Å²) in [7, 11) is 4.29. The standard InChI is InChI=1S/C16H24N2OS/c1-17(2)12-15-7-5-9-18(15)13-16-14(8-11-20-16)6-3-4-10-19/h8,11,15,19H,4-5,7,9-10,12-13H2,1-2H3. The maximum Gasteiger partial charge on any atom is 0.0540 e. The van der Waals surface area contributed by atoms with Crippen LogP contribution in [-0.2, 0) is 6.54 Å². The fraction of sp³-hybridized carbons (Fsp3) is 0.625. The fourth-order valence-electron chi connectivity index (χ4n) is 2.70. The summed E-state index contributed by atoms with van der Waals surface area (Å²) in [6.07, 6.45) is 3.16. The van der Waals surface area contributed by atoms with E-state index in [1.807, 2.05) is 0 Å². The van der Waals surface area contributed by atoms with Crippen LogP contribution in [0.15, 0.2) is 11.4 Å². The van der Waals surface area contributed by atoms with Crippen molar-refractivity contribution in [2.75, 3.05) is 33.8 Å². The second-order valence-electron chi connectivity index (χ2n) is 5.56. The molecule has 1 N–H and O–H groups in total. The van der Waals surface area contributed by atoms with Gasteiger partial charge in [-0.25, -0.2) is 0 Å². The molecule has 20 heavy (non-hydrogen) atoms. The van der Waals surface area contributed by atoms with Crippen molar-refractivity contribution >= 4 is 11.3 Å². The third-order valence-corrected chi connectivity index (χ3v) is 4.53. The van der Waals surface area contributed by atoms with Crippen molar-refractivity contribution in [1.29, 1.82) is 0 Å². The molecule has 0 aromatic carbocycles. The van der Waals surface area contributed by atoms with Gasteiger partial charge in [0.15, 0.2) is 0 Å². The van der Waals surface area contributed by atoms with E-state index in [9.17, 15) is 0 Å². The molecule has 2 rings (SSSR count). The second-order valence-corrected chi connectivity index (χ2v) is 6.56. The second kappa shape index (κ2) is 7.80. The van der Waals surface area contributed by atoms with Gasteiger partial charge in [0.25, 0.3) is 0 Å². The third kappa shape index (κ3) is 4.32. The Bertz CT molecular complexity index is 472. The number of likely N-dealkylation sites (tertiary alicyclic amines) is 1.